The second-order valence-electron chi connectivity index (χ2n) is 6.02. The number of amides is 1. The van der Waals surface area contributed by atoms with Crippen LogP contribution in [0.1, 0.15) is 26.6 Å². The summed E-state index contributed by atoms with van der Waals surface area (Å²) >= 11 is 1.50. The van der Waals surface area contributed by atoms with E-state index >= 15 is 0 Å². The molecule has 0 bridgehead atoms. The summed E-state index contributed by atoms with van der Waals surface area (Å²) in [5.41, 5.74) is 3.66. The van der Waals surface area contributed by atoms with E-state index in [1.54, 1.807) is 0 Å². The Labute approximate surface area is 145 Å². The summed E-state index contributed by atoms with van der Waals surface area (Å²) in [5.74, 6) is 0.120. The fraction of sp³-hybridized carbons (Fsp3) is 0.263. The molecule has 0 saturated carbocycles. The van der Waals surface area contributed by atoms with Crippen molar-refractivity contribution < 1.29 is 4.79 Å². The molecule has 0 radical (unpaired) electrons. The predicted molar refractivity (Wildman–Crippen MR) is 95.1 cm³/mol. The van der Waals surface area contributed by atoms with Crippen molar-refractivity contribution in [2.75, 3.05) is 6.54 Å². The van der Waals surface area contributed by atoms with Crippen molar-refractivity contribution in [1.29, 1.82) is 0 Å². The van der Waals surface area contributed by atoms with Crippen LogP contribution in [0, 0.1) is 0 Å². The highest BCUT2D eigenvalue weighted by Gasteiger charge is 2.25. The SMILES string of the molecule is O=C(c1cccs1)N1CCc2c(ncn2CCc2ccccc2)C1. The Kier molecular flexibility index (Phi) is 4.17. The lowest BCUT2D eigenvalue weighted by Crippen LogP contribution is -2.36. The number of rotatable bonds is 4. The van der Waals surface area contributed by atoms with Gasteiger partial charge in [0.15, 0.2) is 0 Å². The Morgan fingerprint density at radius 2 is 2.04 bits per heavy atom. The number of nitrogens with zero attached hydrogens (tertiary/aromatic N) is 3. The van der Waals surface area contributed by atoms with Crippen LogP contribution < -0.4 is 0 Å². The minimum absolute atomic E-state index is 0.120. The molecule has 3 aromatic rings. The van der Waals surface area contributed by atoms with E-state index in [4.69, 9.17) is 0 Å². The first-order chi connectivity index (χ1) is 11.8. The smallest absolute Gasteiger partial charge is 0.264 e. The number of hydrogen-bond donors (Lipinski definition) is 0. The summed E-state index contributed by atoms with van der Waals surface area (Å²) in [6.45, 7) is 2.32. The number of hydrogen-bond acceptors (Lipinski definition) is 3. The molecular formula is C19H19N3OS. The van der Waals surface area contributed by atoms with Gasteiger partial charge in [0.25, 0.3) is 5.91 Å². The Hall–Kier alpha value is -2.40. The molecule has 4 nitrogen and oxygen atoms in total. The van der Waals surface area contributed by atoms with Gasteiger partial charge in [0.1, 0.15) is 0 Å². The topological polar surface area (TPSA) is 38.1 Å². The van der Waals surface area contributed by atoms with Gasteiger partial charge in [-0.2, -0.15) is 0 Å². The molecule has 0 N–H and O–H groups in total. The van der Waals surface area contributed by atoms with Crippen molar-refractivity contribution in [2.24, 2.45) is 0 Å². The molecule has 24 heavy (non-hydrogen) atoms. The van der Waals surface area contributed by atoms with Crippen LogP contribution >= 0.6 is 11.3 Å². The normalized spacial score (nSPS) is 13.8. The molecule has 3 heterocycles. The molecule has 1 amide bonds. The minimum Gasteiger partial charge on any atom is -0.334 e. The third kappa shape index (κ3) is 2.99. The molecule has 5 heteroatoms. The standard InChI is InChI=1S/C19H19N3OS/c23-19(18-7-4-12-24-18)21-11-9-17-16(13-21)20-14-22(17)10-8-15-5-2-1-3-6-15/h1-7,12,14H,8-11,13H2. The molecule has 0 aliphatic carbocycles. The van der Waals surface area contributed by atoms with Gasteiger partial charge in [0.05, 0.1) is 23.4 Å². The number of aryl methyl sites for hydroxylation is 2. The number of benzene rings is 1. The minimum atomic E-state index is 0.120. The van der Waals surface area contributed by atoms with Crippen LogP contribution in [0.2, 0.25) is 0 Å². The van der Waals surface area contributed by atoms with Crippen LogP contribution in [0.4, 0.5) is 0 Å². The molecule has 1 aromatic carbocycles. The lowest BCUT2D eigenvalue weighted by Gasteiger charge is -2.26. The Bertz CT molecular complexity index is 824. The van der Waals surface area contributed by atoms with E-state index in [1.165, 1.54) is 22.6 Å². The first kappa shape index (κ1) is 15.1. The Morgan fingerprint density at radius 3 is 2.83 bits per heavy atom. The van der Waals surface area contributed by atoms with Gasteiger partial charge < -0.3 is 9.47 Å². The van der Waals surface area contributed by atoms with Gasteiger partial charge in [-0.25, -0.2) is 4.98 Å². The van der Waals surface area contributed by atoms with Crippen molar-refractivity contribution in [1.82, 2.24) is 14.5 Å². The van der Waals surface area contributed by atoms with Crippen molar-refractivity contribution in [3.05, 3.63) is 76.0 Å². The van der Waals surface area contributed by atoms with Crippen molar-refractivity contribution in [3.63, 3.8) is 0 Å². The highest BCUT2D eigenvalue weighted by Crippen LogP contribution is 2.21. The largest absolute Gasteiger partial charge is 0.334 e. The van der Waals surface area contributed by atoms with Crippen LogP contribution in [-0.2, 0) is 25.9 Å². The second kappa shape index (κ2) is 6.61. The summed E-state index contributed by atoms with van der Waals surface area (Å²) < 4.78 is 2.25. The van der Waals surface area contributed by atoms with Gasteiger partial charge in [0.2, 0.25) is 0 Å². The number of carbonyl (C=O) groups excluding carboxylic acids is 1. The molecule has 1 aliphatic heterocycles. The van der Waals surface area contributed by atoms with Crippen molar-refractivity contribution >= 4 is 17.2 Å². The monoisotopic (exact) mass is 337 g/mol. The van der Waals surface area contributed by atoms with E-state index in [2.05, 4.69) is 33.8 Å². The molecular weight excluding hydrogens is 318 g/mol. The average molecular weight is 337 g/mol. The molecule has 0 unspecified atom stereocenters. The van der Waals surface area contributed by atoms with Gasteiger partial charge in [0, 0.05) is 25.2 Å². The van der Waals surface area contributed by atoms with Crippen LogP contribution in [0.15, 0.2) is 54.2 Å². The number of aromatic nitrogens is 2. The zero-order valence-corrected chi connectivity index (χ0v) is 14.2. The maximum Gasteiger partial charge on any atom is 0.264 e. The zero-order valence-electron chi connectivity index (χ0n) is 13.4. The molecule has 0 saturated heterocycles. The van der Waals surface area contributed by atoms with E-state index in [9.17, 15) is 4.79 Å². The van der Waals surface area contributed by atoms with Crippen LogP contribution in [-0.4, -0.2) is 26.9 Å². The predicted octanol–water partition coefficient (Wildman–Crippen LogP) is 3.39. The van der Waals surface area contributed by atoms with E-state index in [1.807, 2.05) is 34.8 Å². The van der Waals surface area contributed by atoms with Gasteiger partial charge >= 0.3 is 0 Å². The quantitative estimate of drug-likeness (QED) is 0.732. The van der Waals surface area contributed by atoms with Crippen molar-refractivity contribution in [3.8, 4) is 0 Å². The summed E-state index contributed by atoms with van der Waals surface area (Å²) in [4.78, 5) is 19.8. The van der Waals surface area contributed by atoms with Crippen LogP contribution in [0.25, 0.3) is 0 Å². The zero-order chi connectivity index (χ0) is 16.4. The fourth-order valence-corrected chi connectivity index (χ4v) is 3.88. The first-order valence-corrected chi connectivity index (χ1v) is 9.09. The molecule has 4 rings (SSSR count). The van der Waals surface area contributed by atoms with Gasteiger partial charge in [-0.3, -0.25) is 4.79 Å². The number of fused-ring (bicyclic) bond motifs is 1. The number of thiophene rings is 1. The highest BCUT2D eigenvalue weighted by molar-refractivity contribution is 7.12. The molecule has 0 atom stereocenters. The van der Waals surface area contributed by atoms with Crippen molar-refractivity contribution in [2.45, 2.75) is 25.9 Å². The number of imidazole rings is 1. The third-order valence-electron chi connectivity index (χ3n) is 4.50. The van der Waals surface area contributed by atoms with Crippen LogP contribution in [0.3, 0.4) is 0 Å². The average Bonchev–Trinajstić information content (AvgIpc) is 3.30. The van der Waals surface area contributed by atoms with E-state index < -0.39 is 0 Å². The maximum atomic E-state index is 12.5. The lowest BCUT2D eigenvalue weighted by molar-refractivity contribution is 0.0736. The summed E-state index contributed by atoms with van der Waals surface area (Å²) in [6.07, 6.45) is 3.80. The van der Waals surface area contributed by atoms with E-state index in [-0.39, 0.29) is 5.91 Å². The molecule has 2 aromatic heterocycles. The fourth-order valence-electron chi connectivity index (χ4n) is 3.19. The van der Waals surface area contributed by atoms with Crippen LogP contribution in [0.5, 0.6) is 0 Å². The summed E-state index contributed by atoms with van der Waals surface area (Å²) in [7, 11) is 0. The first-order valence-electron chi connectivity index (χ1n) is 8.21. The Morgan fingerprint density at radius 1 is 1.17 bits per heavy atom. The molecule has 122 valence electrons. The van der Waals surface area contributed by atoms with Gasteiger partial charge in [-0.05, 0) is 23.4 Å². The van der Waals surface area contributed by atoms with Gasteiger partial charge in [-0.1, -0.05) is 36.4 Å². The number of carbonyl (C=O) groups is 1. The molecule has 1 aliphatic rings. The van der Waals surface area contributed by atoms with Gasteiger partial charge in [-0.15, -0.1) is 11.3 Å². The maximum absolute atomic E-state index is 12.5. The summed E-state index contributed by atoms with van der Waals surface area (Å²) in [5, 5.41) is 1.95. The lowest BCUT2D eigenvalue weighted by atomic mass is 10.1. The highest BCUT2D eigenvalue weighted by atomic mass is 32.1. The van der Waals surface area contributed by atoms with E-state index in [0.717, 1.165) is 36.5 Å². The third-order valence-corrected chi connectivity index (χ3v) is 5.35. The van der Waals surface area contributed by atoms with E-state index in [0.29, 0.717) is 6.54 Å². The molecule has 0 spiro atoms. The summed E-state index contributed by atoms with van der Waals surface area (Å²) in [6, 6.07) is 14.3. The second-order valence-corrected chi connectivity index (χ2v) is 6.97. The Balaban J connectivity index is 1.44. The molecule has 0 fully saturated rings.